The minimum Gasteiger partial charge on any atom is -0.264 e. The van der Waals surface area contributed by atoms with E-state index in [0.29, 0.717) is 6.17 Å². The van der Waals surface area contributed by atoms with Crippen molar-refractivity contribution in [2.24, 2.45) is 0 Å². The number of hydrogen-bond acceptors (Lipinski definition) is 1. The average molecular weight is 239 g/mol. The summed E-state index contributed by atoms with van der Waals surface area (Å²) >= 11 is 0. The zero-order valence-corrected chi connectivity index (χ0v) is 10.4. The summed E-state index contributed by atoms with van der Waals surface area (Å²) in [5.74, 6) is 0. The molecule has 0 atom stereocenters. The summed E-state index contributed by atoms with van der Waals surface area (Å²) in [5.41, 5.74) is 1.31. The van der Waals surface area contributed by atoms with Crippen LogP contribution in [0.2, 0.25) is 0 Å². The van der Waals surface area contributed by atoms with E-state index >= 15 is 0 Å². The normalized spacial score (nSPS) is 10.8. The van der Waals surface area contributed by atoms with Gasteiger partial charge in [-0.3, -0.25) is 4.98 Å². The van der Waals surface area contributed by atoms with Crippen molar-refractivity contribution >= 4 is 0 Å². The summed E-state index contributed by atoms with van der Waals surface area (Å²) in [6.45, 7) is 6.40. The molecule has 0 aliphatic rings. The maximum atomic E-state index is 7.19. The fourth-order valence-corrected chi connectivity index (χ4v) is 0.764. The SMILES string of the molecule is [3H]c1ccc(C(C)(C)C)cn1.[V].[V]. The van der Waals surface area contributed by atoms with Crippen LogP contribution in [0, 0.1) is 0 Å². The fourth-order valence-electron chi connectivity index (χ4n) is 0.764. The van der Waals surface area contributed by atoms with E-state index in [4.69, 9.17) is 1.37 Å². The number of nitrogens with zero attached hydrogens (tertiary/aromatic N) is 1. The number of aromatic nitrogens is 1. The van der Waals surface area contributed by atoms with E-state index in [2.05, 4.69) is 25.8 Å². The van der Waals surface area contributed by atoms with E-state index in [1.165, 1.54) is 5.56 Å². The topological polar surface area (TPSA) is 12.9 Å². The third-order valence-electron chi connectivity index (χ3n) is 1.48. The molecule has 1 aromatic rings. The van der Waals surface area contributed by atoms with Crippen LogP contribution in [-0.4, -0.2) is 4.98 Å². The number of rotatable bonds is 0. The molecule has 3 heteroatoms. The molecule has 64 valence electrons. The molecule has 1 aromatic heterocycles. The molecule has 0 aromatic carbocycles. The van der Waals surface area contributed by atoms with Crippen LogP contribution in [-0.2, 0) is 42.5 Å². The summed E-state index contributed by atoms with van der Waals surface area (Å²) in [6, 6.07) is 3.68. The third-order valence-corrected chi connectivity index (χ3v) is 1.48. The zero-order valence-electron chi connectivity index (χ0n) is 8.57. The first-order valence-electron chi connectivity index (χ1n) is 3.93. The molecule has 1 rings (SSSR count). The summed E-state index contributed by atoms with van der Waals surface area (Å²) in [5, 5.41) is 0. The second-order valence-electron chi connectivity index (χ2n) is 3.43. The first kappa shape index (κ1) is 12.3. The first-order chi connectivity index (χ1) is 5.00. The Bertz CT molecular complexity index is 241. The predicted octanol–water partition coefficient (Wildman–Crippen LogP) is 2.37. The third kappa shape index (κ3) is 4.37. The van der Waals surface area contributed by atoms with Crippen molar-refractivity contribution in [3.63, 3.8) is 0 Å². The Morgan fingerprint density at radius 3 is 2.25 bits per heavy atom. The Hall–Kier alpha value is 0.319. The molecule has 1 heterocycles. The second kappa shape index (κ2) is 5.88. The standard InChI is InChI=1S/C9H13N.2V/c1-9(2,3)8-5-4-6-10-7-8;;/h4-7H,1-3H3;;/i6T;;. The summed E-state index contributed by atoms with van der Waals surface area (Å²) in [7, 11) is 0. The van der Waals surface area contributed by atoms with Gasteiger partial charge in [0.25, 0.3) is 0 Å². The molecule has 12 heavy (non-hydrogen) atoms. The van der Waals surface area contributed by atoms with Crippen LogP contribution in [0.3, 0.4) is 0 Å². The molecule has 0 fully saturated rings. The van der Waals surface area contributed by atoms with Crippen molar-refractivity contribution < 1.29 is 38.5 Å². The van der Waals surface area contributed by atoms with Crippen LogP contribution in [0.1, 0.15) is 27.7 Å². The first-order valence-corrected chi connectivity index (χ1v) is 3.43. The largest absolute Gasteiger partial charge is 0.264 e. The maximum absolute atomic E-state index is 7.19. The summed E-state index contributed by atoms with van der Waals surface area (Å²) < 4.78 is 7.19. The molecule has 0 saturated heterocycles. The Balaban J connectivity index is 0. The molecular formula is C9H13NV2. The van der Waals surface area contributed by atoms with Crippen LogP contribution in [0.5, 0.6) is 0 Å². The maximum Gasteiger partial charge on any atom is 0.0840 e. The van der Waals surface area contributed by atoms with Gasteiger partial charge in [-0.25, -0.2) is 0 Å². The Labute approximate surface area is 99.5 Å². The van der Waals surface area contributed by atoms with E-state index in [1.807, 2.05) is 6.07 Å². The van der Waals surface area contributed by atoms with Gasteiger partial charge in [0, 0.05) is 49.5 Å². The van der Waals surface area contributed by atoms with Gasteiger partial charge in [0.15, 0.2) is 0 Å². The van der Waals surface area contributed by atoms with Gasteiger partial charge in [-0.15, -0.1) is 0 Å². The van der Waals surface area contributed by atoms with E-state index in [0.717, 1.165) is 0 Å². The molecule has 0 bridgehead atoms. The zero-order chi connectivity index (χ0) is 8.48. The van der Waals surface area contributed by atoms with Crippen molar-refractivity contribution in [3.8, 4) is 0 Å². The van der Waals surface area contributed by atoms with Crippen LogP contribution >= 0.6 is 0 Å². The van der Waals surface area contributed by atoms with Crippen molar-refractivity contribution in [2.75, 3.05) is 0 Å². The minimum absolute atomic E-state index is 0. The van der Waals surface area contributed by atoms with Gasteiger partial charge < -0.3 is 0 Å². The molecule has 1 nitrogen and oxygen atoms in total. The molecule has 0 aliphatic heterocycles. The molecule has 0 aliphatic carbocycles. The van der Waals surface area contributed by atoms with Crippen LogP contribution < -0.4 is 0 Å². The molecule has 0 saturated carbocycles. The molecule has 0 N–H and O–H groups in total. The average Bonchev–Trinajstić information content (AvgIpc) is 1.86. The Kier molecular flexibility index (Phi) is 6.03. The van der Waals surface area contributed by atoms with Gasteiger partial charge in [-0.2, -0.15) is 0 Å². The van der Waals surface area contributed by atoms with Crippen molar-refractivity contribution in [1.29, 1.82) is 0 Å². The minimum atomic E-state index is 0. The van der Waals surface area contributed by atoms with Gasteiger partial charge in [-0.1, -0.05) is 26.8 Å². The summed E-state index contributed by atoms with van der Waals surface area (Å²) in [6.07, 6.45) is 2.10. The van der Waals surface area contributed by atoms with Crippen molar-refractivity contribution in [3.05, 3.63) is 30.1 Å². The van der Waals surface area contributed by atoms with Crippen LogP contribution in [0.4, 0.5) is 0 Å². The molecule has 0 unspecified atom stereocenters. The van der Waals surface area contributed by atoms with Gasteiger partial charge in [0.1, 0.15) is 0 Å². The van der Waals surface area contributed by atoms with E-state index in [-0.39, 0.29) is 42.5 Å². The van der Waals surface area contributed by atoms with Crippen LogP contribution in [0.15, 0.2) is 24.5 Å². The smallest absolute Gasteiger partial charge is 0.0840 e. The number of hydrogen-bond donors (Lipinski definition) is 0. The van der Waals surface area contributed by atoms with E-state index < -0.39 is 0 Å². The van der Waals surface area contributed by atoms with E-state index in [9.17, 15) is 0 Å². The molecular weight excluding hydrogens is 224 g/mol. The van der Waals surface area contributed by atoms with Gasteiger partial charge in [-0.05, 0) is 17.0 Å². The second-order valence-corrected chi connectivity index (χ2v) is 3.43. The summed E-state index contributed by atoms with van der Waals surface area (Å²) in [4.78, 5) is 3.91. The van der Waals surface area contributed by atoms with Gasteiger partial charge >= 0.3 is 0 Å². The van der Waals surface area contributed by atoms with Gasteiger partial charge in [0.05, 0.1) is 1.37 Å². The Morgan fingerprint density at radius 2 is 1.92 bits per heavy atom. The quantitative estimate of drug-likeness (QED) is 0.677. The van der Waals surface area contributed by atoms with Gasteiger partial charge in [0.2, 0.25) is 0 Å². The molecule has 0 amide bonds. The molecule has 2 radical (unpaired) electrons. The van der Waals surface area contributed by atoms with Crippen molar-refractivity contribution in [1.82, 2.24) is 4.98 Å². The predicted molar refractivity (Wildman–Crippen MR) is 42.9 cm³/mol. The van der Waals surface area contributed by atoms with Crippen LogP contribution in [0.25, 0.3) is 0 Å². The Morgan fingerprint density at radius 1 is 1.33 bits per heavy atom. The number of pyridine rings is 1. The van der Waals surface area contributed by atoms with Crippen molar-refractivity contribution in [2.45, 2.75) is 26.2 Å². The van der Waals surface area contributed by atoms with E-state index in [1.54, 1.807) is 12.3 Å². The molecule has 0 spiro atoms. The monoisotopic (exact) mass is 239 g/mol. The fraction of sp³-hybridized carbons (Fsp3) is 0.444.